The normalized spacial score (nSPS) is 22.7. The van der Waals surface area contributed by atoms with Gasteiger partial charge in [0.25, 0.3) is 0 Å². The Morgan fingerprint density at radius 1 is 1.40 bits per heavy atom. The summed E-state index contributed by atoms with van der Waals surface area (Å²) in [6.45, 7) is 6.31. The summed E-state index contributed by atoms with van der Waals surface area (Å²) >= 11 is 0. The second-order valence-corrected chi connectivity index (χ2v) is 5.15. The van der Waals surface area contributed by atoms with Crippen LogP contribution in [0.15, 0.2) is 0 Å². The topological polar surface area (TPSA) is 83.4 Å². The largest absolute Gasteiger partial charge is 0.467 e. The molecule has 20 heavy (non-hydrogen) atoms. The Morgan fingerprint density at radius 2 is 2.20 bits per heavy atom. The van der Waals surface area contributed by atoms with Gasteiger partial charge in [-0.05, 0) is 18.8 Å². The highest BCUT2D eigenvalue weighted by atomic mass is 16.5. The van der Waals surface area contributed by atoms with Crippen molar-refractivity contribution in [2.75, 3.05) is 37.0 Å². The monoisotopic (exact) mass is 281 g/mol. The molecular formula is C13H23N5O2. The molecule has 1 aromatic rings. The van der Waals surface area contributed by atoms with Crippen molar-refractivity contribution in [1.82, 2.24) is 15.0 Å². The molecule has 2 N–H and O–H groups in total. The lowest BCUT2D eigenvalue weighted by Crippen LogP contribution is -2.43. The van der Waals surface area contributed by atoms with Crippen LogP contribution in [-0.2, 0) is 0 Å². The maximum atomic E-state index is 9.99. The molecule has 2 unspecified atom stereocenters. The number of ether oxygens (including phenoxy) is 1. The van der Waals surface area contributed by atoms with Crippen LogP contribution >= 0.6 is 0 Å². The lowest BCUT2D eigenvalue weighted by molar-refractivity contribution is 0.102. The Morgan fingerprint density at radius 3 is 2.85 bits per heavy atom. The first-order valence-corrected chi connectivity index (χ1v) is 7.11. The number of hydrogen-bond donors (Lipinski definition) is 2. The summed E-state index contributed by atoms with van der Waals surface area (Å²) in [5.74, 6) is 1.39. The molecule has 1 fully saturated rings. The maximum absolute atomic E-state index is 9.99. The third kappa shape index (κ3) is 3.47. The maximum Gasteiger partial charge on any atom is 0.322 e. The van der Waals surface area contributed by atoms with Crippen LogP contribution in [0.4, 0.5) is 11.9 Å². The van der Waals surface area contributed by atoms with E-state index in [1.165, 1.54) is 7.11 Å². The predicted molar refractivity (Wildman–Crippen MR) is 77.2 cm³/mol. The van der Waals surface area contributed by atoms with Gasteiger partial charge in [-0.25, -0.2) is 0 Å². The molecule has 0 saturated carbocycles. The van der Waals surface area contributed by atoms with E-state index in [0.717, 1.165) is 25.9 Å². The van der Waals surface area contributed by atoms with E-state index in [9.17, 15) is 5.11 Å². The highest BCUT2D eigenvalue weighted by Gasteiger charge is 2.26. The Kier molecular flexibility index (Phi) is 4.94. The van der Waals surface area contributed by atoms with Crippen LogP contribution in [0.5, 0.6) is 6.01 Å². The number of aliphatic hydroxyl groups excluding tert-OH is 1. The van der Waals surface area contributed by atoms with E-state index in [4.69, 9.17) is 4.74 Å². The van der Waals surface area contributed by atoms with Gasteiger partial charge in [0.05, 0.1) is 13.2 Å². The average molecular weight is 281 g/mol. The average Bonchev–Trinajstić information content (AvgIpc) is 2.47. The summed E-state index contributed by atoms with van der Waals surface area (Å²) in [7, 11) is 1.54. The van der Waals surface area contributed by atoms with Crippen LogP contribution < -0.4 is 15.0 Å². The first-order valence-electron chi connectivity index (χ1n) is 7.11. The molecule has 2 rings (SSSR count). The molecule has 1 aliphatic heterocycles. The minimum atomic E-state index is -0.349. The first-order chi connectivity index (χ1) is 9.63. The second-order valence-electron chi connectivity index (χ2n) is 5.15. The quantitative estimate of drug-likeness (QED) is 0.830. The molecule has 7 nitrogen and oxygen atoms in total. The first kappa shape index (κ1) is 14.8. The number of hydrogen-bond acceptors (Lipinski definition) is 7. The number of aliphatic hydroxyl groups is 1. The fourth-order valence-corrected chi connectivity index (χ4v) is 2.12. The number of methoxy groups -OCH3 is 1. The molecule has 1 saturated heterocycles. The summed E-state index contributed by atoms with van der Waals surface area (Å²) in [5.41, 5.74) is 0. The summed E-state index contributed by atoms with van der Waals surface area (Å²) in [4.78, 5) is 14.8. The number of rotatable bonds is 5. The smallest absolute Gasteiger partial charge is 0.322 e. The number of β-amino-alcohol motifs (C(OH)–C–C–N with tert-alkyl or cyclic N) is 1. The summed E-state index contributed by atoms with van der Waals surface area (Å²) < 4.78 is 5.12. The highest BCUT2D eigenvalue weighted by Crippen LogP contribution is 2.22. The zero-order valence-corrected chi connectivity index (χ0v) is 12.3. The van der Waals surface area contributed by atoms with Gasteiger partial charge in [-0.15, -0.1) is 0 Å². The van der Waals surface area contributed by atoms with Crippen molar-refractivity contribution in [3.63, 3.8) is 0 Å². The van der Waals surface area contributed by atoms with Crippen LogP contribution in [0, 0.1) is 5.92 Å². The van der Waals surface area contributed by atoms with Gasteiger partial charge in [-0.2, -0.15) is 15.0 Å². The van der Waals surface area contributed by atoms with E-state index in [1.54, 1.807) is 0 Å². The summed E-state index contributed by atoms with van der Waals surface area (Å²) in [6.07, 6.45) is 1.56. The third-order valence-electron chi connectivity index (χ3n) is 3.52. The zero-order valence-electron chi connectivity index (χ0n) is 12.3. The second kappa shape index (κ2) is 6.69. The van der Waals surface area contributed by atoms with Crippen LogP contribution in [0.3, 0.4) is 0 Å². The summed E-state index contributed by atoms with van der Waals surface area (Å²) in [6, 6.07) is 0.293. The Hall–Kier alpha value is -1.63. The molecule has 2 atom stereocenters. The van der Waals surface area contributed by atoms with Crippen LogP contribution in [0.25, 0.3) is 0 Å². The van der Waals surface area contributed by atoms with Gasteiger partial charge in [0.2, 0.25) is 11.9 Å². The number of anilines is 2. The Balaban J connectivity index is 2.17. The molecule has 0 aromatic carbocycles. The molecule has 7 heteroatoms. The standard InChI is InChI=1S/C13H23N5O2/c1-4-6-14-11-15-12(17-13(16-11)20-3)18-7-5-9(2)10(19)8-18/h9-10,19H,4-8H2,1-3H3,(H,14,15,16,17). The SMILES string of the molecule is CCCNc1nc(OC)nc(N2CCC(C)C(O)C2)n1. The van der Waals surface area contributed by atoms with E-state index in [1.807, 2.05) is 4.90 Å². The summed E-state index contributed by atoms with van der Waals surface area (Å²) in [5, 5.41) is 13.1. The molecule has 0 spiro atoms. The number of aromatic nitrogens is 3. The molecule has 112 valence electrons. The minimum Gasteiger partial charge on any atom is -0.467 e. The van der Waals surface area contributed by atoms with Gasteiger partial charge in [-0.1, -0.05) is 13.8 Å². The van der Waals surface area contributed by atoms with Gasteiger partial charge in [0.15, 0.2) is 0 Å². The molecular weight excluding hydrogens is 258 g/mol. The Bertz CT molecular complexity index is 443. The van der Waals surface area contributed by atoms with E-state index in [0.29, 0.717) is 30.4 Å². The van der Waals surface area contributed by atoms with Crippen molar-refractivity contribution < 1.29 is 9.84 Å². The lowest BCUT2D eigenvalue weighted by atomic mass is 9.96. The van der Waals surface area contributed by atoms with Crippen molar-refractivity contribution in [1.29, 1.82) is 0 Å². The van der Waals surface area contributed by atoms with E-state index in [-0.39, 0.29) is 6.10 Å². The number of piperidine rings is 1. The van der Waals surface area contributed by atoms with Crippen molar-refractivity contribution in [2.24, 2.45) is 5.92 Å². The lowest BCUT2D eigenvalue weighted by Gasteiger charge is -2.34. The van der Waals surface area contributed by atoms with Gasteiger partial charge in [0.1, 0.15) is 0 Å². The van der Waals surface area contributed by atoms with Gasteiger partial charge >= 0.3 is 6.01 Å². The molecule has 0 aliphatic carbocycles. The molecule has 1 aromatic heterocycles. The third-order valence-corrected chi connectivity index (χ3v) is 3.52. The molecule has 0 bridgehead atoms. The highest BCUT2D eigenvalue weighted by molar-refractivity contribution is 5.39. The van der Waals surface area contributed by atoms with Gasteiger partial charge in [0, 0.05) is 19.6 Å². The van der Waals surface area contributed by atoms with Crippen molar-refractivity contribution in [2.45, 2.75) is 32.8 Å². The molecule has 1 aliphatic rings. The predicted octanol–water partition coefficient (Wildman–Crippen LogP) is 0.909. The fourth-order valence-electron chi connectivity index (χ4n) is 2.12. The number of nitrogens with one attached hydrogen (secondary N) is 1. The van der Waals surface area contributed by atoms with Crippen molar-refractivity contribution >= 4 is 11.9 Å². The van der Waals surface area contributed by atoms with E-state index in [2.05, 4.69) is 34.1 Å². The minimum absolute atomic E-state index is 0.293. The van der Waals surface area contributed by atoms with Gasteiger partial charge in [-0.3, -0.25) is 0 Å². The number of nitrogens with zero attached hydrogens (tertiary/aromatic N) is 4. The molecule has 0 amide bonds. The fraction of sp³-hybridized carbons (Fsp3) is 0.769. The van der Waals surface area contributed by atoms with Crippen LogP contribution in [0.2, 0.25) is 0 Å². The van der Waals surface area contributed by atoms with Crippen molar-refractivity contribution in [3.8, 4) is 6.01 Å². The molecule has 0 radical (unpaired) electrons. The van der Waals surface area contributed by atoms with Crippen LogP contribution in [-0.4, -0.2) is 52.9 Å². The molecule has 2 heterocycles. The van der Waals surface area contributed by atoms with Crippen molar-refractivity contribution in [3.05, 3.63) is 0 Å². The zero-order chi connectivity index (χ0) is 14.5. The van der Waals surface area contributed by atoms with E-state index >= 15 is 0 Å². The van der Waals surface area contributed by atoms with E-state index < -0.39 is 0 Å². The van der Waals surface area contributed by atoms with Gasteiger partial charge < -0.3 is 20.1 Å². The van der Waals surface area contributed by atoms with Crippen LogP contribution in [0.1, 0.15) is 26.7 Å². The Labute approximate surface area is 119 Å².